The largest absolute Gasteiger partial charge is 0.465 e. The maximum atomic E-state index is 13.0. The SMILES string of the molecule is CC(=C\Oc1ccc(C)cc1)/C(=N/c1ccccc1)Oc1cccc(C(F)(F)F)c1. The zero-order valence-electron chi connectivity index (χ0n) is 16.5. The number of aliphatic imine (C=N–C) groups is 1. The smallest absolute Gasteiger partial charge is 0.416 e. The standard InChI is InChI=1S/C24H20F3NO2/c1-17-11-13-21(14-12-17)29-16-18(2)23(28-20-8-4-3-5-9-20)30-22-10-6-7-19(15-22)24(25,26)27/h3-16H,1-2H3/b18-16+,28-23-. The average molecular weight is 411 g/mol. The fourth-order valence-corrected chi connectivity index (χ4v) is 2.48. The summed E-state index contributed by atoms with van der Waals surface area (Å²) in [5.41, 5.74) is 1.42. The highest BCUT2D eigenvalue weighted by Crippen LogP contribution is 2.31. The van der Waals surface area contributed by atoms with Crippen molar-refractivity contribution in [3.63, 3.8) is 0 Å². The molecule has 3 rings (SSSR count). The lowest BCUT2D eigenvalue weighted by Crippen LogP contribution is -2.12. The number of hydrogen-bond donors (Lipinski definition) is 0. The normalized spacial score (nSPS) is 12.6. The number of para-hydroxylation sites is 1. The highest BCUT2D eigenvalue weighted by atomic mass is 19.4. The molecule has 154 valence electrons. The van der Waals surface area contributed by atoms with Gasteiger partial charge in [-0.05, 0) is 56.3 Å². The van der Waals surface area contributed by atoms with Crippen LogP contribution in [0.3, 0.4) is 0 Å². The Balaban J connectivity index is 1.90. The fourth-order valence-electron chi connectivity index (χ4n) is 2.48. The summed E-state index contributed by atoms with van der Waals surface area (Å²) in [6.07, 6.45) is -3.00. The molecule has 0 unspecified atom stereocenters. The van der Waals surface area contributed by atoms with Gasteiger partial charge in [0.15, 0.2) is 0 Å². The second-order valence-electron chi connectivity index (χ2n) is 6.61. The van der Waals surface area contributed by atoms with Crippen LogP contribution in [0.4, 0.5) is 18.9 Å². The van der Waals surface area contributed by atoms with Crippen LogP contribution in [0.2, 0.25) is 0 Å². The van der Waals surface area contributed by atoms with Crippen molar-refractivity contribution < 1.29 is 22.6 Å². The number of rotatable bonds is 5. The molecule has 0 aliphatic rings. The summed E-state index contributed by atoms with van der Waals surface area (Å²) in [7, 11) is 0. The van der Waals surface area contributed by atoms with E-state index in [0.717, 1.165) is 17.7 Å². The second-order valence-corrected chi connectivity index (χ2v) is 6.61. The van der Waals surface area contributed by atoms with Crippen molar-refractivity contribution in [1.82, 2.24) is 0 Å². The highest BCUT2D eigenvalue weighted by molar-refractivity contribution is 5.96. The molecule has 0 heterocycles. The summed E-state index contributed by atoms with van der Waals surface area (Å²) < 4.78 is 50.5. The van der Waals surface area contributed by atoms with Crippen molar-refractivity contribution in [2.24, 2.45) is 4.99 Å². The van der Waals surface area contributed by atoms with Crippen LogP contribution in [0.1, 0.15) is 18.1 Å². The van der Waals surface area contributed by atoms with Gasteiger partial charge in [-0.3, -0.25) is 0 Å². The zero-order chi connectivity index (χ0) is 21.6. The molecule has 0 saturated heterocycles. The van der Waals surface area contributed by atoms with Crippen LogP contribution in [0.5, 0.6) is 11.5 Å². The van der Waals surface area contributed by atoms with Crippen molar-refractivity contribution in [1.29, 1.82) is 0 Å². The zero-order valence-corrected chi connectivity index (χ0v) is 16.5. The maximum absolute atomic E-state index is 13.0. The number of halogens is 3. The molecule has 0 aliphatic heterocycles. The Kier molecular flexibility index (Phi) is 6.57. The van der Waals surface area contributed by atoms with Crippen LogP contribution >= 0.6 is 0 Å². The van der Waals surface area contributed by atoms with Gasteiger partial charge < -0.3 is 9.47 Å². The Labute approximate surface area is 173 Å². The molecule has 0 aliphatic carbocycles. The van der Waals surface area contributed by atoms with Gasteiger partial charge in [-0.1, -0.05) is 42.0 Å². The molecule has 6 heteroatoms. The Morgan fingerprint density at radius 1 is 0.867 bits per heavy atom. The number of nitrogens with zero attached hydrogens (tertiary/aromatic N) is 1. The van der Waals surface area contributed by atoms with Gasteiger partial charge in [0.1, 0.15) is 11.5 Å². The molecule has 0 amide bonds. The number of ether oxygens (including phenoxy) is 2. The van der Waals surface area contributed by atoms with Crippen molar-refractivity contribution >= 4 is 11.6 Å². The lowest BCUT2D eigenvalue weighted by Gasteiger charge is -2.12. The molecular weight excluding hydrogens is 391 g/mol. The predicted octanol–water partition coefficient (Wildman–Crippen LogP) is 7.11. The summed E-state index contributed by atoms with van der Waals surface area (Å²) >= 11 is 0. The quantitative estimate of drug-likeness (QED) is 0.255. The maximum Gasteiger partial charge on any atom is 0.416 e. The molecule has 3 aromatic carbocycles. The monoisotopic (exact) mass is 411 g/mol. The first-order valence-corrected chi connectivity index (χ1v) is 9.20. The van der Waals surface area contributed by atoms with Gasteiger partial charge >= 0.3 is 6.18 Å². The molecule has 3 nitrogen and oxygen atoms in total. The minimum absolute atomic E-state index is 0.0302. The first-order valence-electron chi connectivity index (χ1n) is 9.20. The van der Waals surface area contributed by atoms with Crippen molar-refractivity contribution in [3.05, 3.63) is 102 Å². The van der Waals surface area contributed by atoms with E-state index in [1.807, 2.05) is 49.4 Å². The summed E-state index contributed by atoms with van der Waals surface area (Å²) in [5.74, 6) is 0.785. The van der Waals surface area contributed by atoms with Gasteiger partial charge in [0.25, 0.3) is 0 Å². The van der Waals surface area contributed by atoms with E-state index in [0.29, 0.717) is 17.0 Å². The van der Waals surface area contributed by atoms with Crippen molar-refractivity contribution in [2.75, 3.05) is 0 Å². The van der Waals surface area contributed by atoms with Gasteiger partial charge in [-0.2, -0.15) is 13.2 Å². The summed E-state index contributed by atoms with van der Waals surface area (Å²) in [4.78, 5) is 4.44. The number of benzene rings is 3. The topological polar surface area (TPSA) is 30.8 Å². The van der Waals surface area contributed by atoms with E-state index in [-0.39, 0.29) is 11.6 Å². The number of alkyl halides is 3. The minimum atomic E-state index is -4.46. The molecule has 0 saturated carbocycles. The van der Waals surface area contributed by atoms with E-state index in [1.165, 1.54) is 18.4 Å². The minimum Gasteiger partial charge on any atom is -0.465 e. The lowest BCUT2D eigenvalue weighted by atomic mass is 10.2. The lowest BCUT2D eigenvalue weighted by molar-refractivity contribution is -0.137. The third-order valence-electron chi connectivity index (χ3n) is 4.09. The molecular formula is C24H20F3NO2. The van der Waals surface area contributed by atoms with Crippen LogP contribution in [-0.2, 0) is 6.18 Å². The van der Waals surface area contributed by atoms with Crippen molar-refractivity contribution in [2.45, 2.75) is 20.0 Å². The van der Waals surface area contributed by atoms with E-state index in [2.05, 4.69) is 4.99 Å². The molecule has 0 radical (unpaired) electrons. The predicted molar refractivity (Wildman–Crippen MR) is 111 cm³/mol. The Morgan fingerprint density at radius 2 is 1.57 bits per heavy atom. The van der Waals surface area contributed by atoms with Gasteiger partial charge in [0.2, 0.25) is 5.90 Å². The van der Waals surface area contributed by atoms with E-state index >= 15 is 0 Å². The summed E-state index contributed by atoms with van der Waals surface area (Å²) in [6, 6.07) is 21.1. The third-order valence-corrected chi connectivity index (χ3v) is 4.09. The van der Waals surface area contributed by atoms with Crippen LogP contribution in [0, 0.1) is 6.92 Å². The Hall–Kier alpha value is -3.54. The Bertz CT molecular complexity index is 1040. The van der Waals surface area contributed by atoms with E-state index in [9.17, 15) is 13.2 Å². The van der Waals surface area contributed by atoms with E-state index in [4.69, 9.17) is 9.47 Å². The first kappa shape index (κ1) is 21.2. The fraction of sp³-hybridized carbons (Fsp3) is 0.125. The number of hydrogen-bond acceptors (Lipinski definition) is 3. The molecule has 0 spiro atoms. The Morgan fingerprint density at radius 3 is 2.23 bits per heavy atom. The molecule has 0 aromatic heterocycles. The third kappa shape index (κ3) is 5.98. The molecule has 0 N–H and O–H groups in total. The van der Waals surface area contributed by atoms with Crippen LogP contribution in [-0.4, -0.2) is 5.90 Å². The van der Waals surface area contributed by atoms with Crippen molar-refractivity contribution in [3.8, 4) is 11.5 Å². The molecule has 0 atom stereocenters. The second kappa shape index (κ2) is 9.31. The molecule has 30 heavy (non-hydrogen) atoms. The molecule has 3 aromatic rings. The van der Waals surface area contributed by atoms with E-state index < -0.39 is 11.7 Å². The van der Waals surface area contributed by atoms with Crippen LogP contribution < -0.4 is 9.47 Å². The van der Waals surface area contributed by atoms with Crippen LogP contribution in [0.25, 0.3) is 0 Å². The average Bonchev–Trinajstić information content (AvgIpc) is 2.73. The van der Waals surface area contributed by atoms with Gasteiger partial charge in [0, 0.05) is 5.57 Å². The van der Waals surface area contributed by atoms with Gasteiger partial charge in [-0.25, -0.2) is 4.99 Å². The molecule has 0 bridgehead atoms. The molecule has 0 fully saturated rings. The summed E-state index contributed by atoms with van der Waals surface area (Å²) in [5, 5.41) is 0. The van der Waals surface area contributed by atoms with E-state index in [1.54, 1.807) is 19.1 Å². The summed E-state index contributed by atoms with van der Waals surface area (Å²) in [6.45, 7) is 3.68. The van der Waals surface area contributed by atoms with Gasteiger partial charge in [0.05, 0.1) is 17.5 Å². The highest BCUT2D eigenvalue weighted by Gasteiger charge is 2.30. The number of aryl methyl sites for hydroxylation is 1. The van der Waals surface area contributed by atoms with Crippen LogP contribution in [0.15, 0.2) is 95.7 Å². The van der Waals surface area contributed by atoms with Gasteiger partial charge in [-0.15, -0.1) is 0 Å². The first-order chi connectivity index (χ1) is 14.3.